The Hall–Kier alpha value is -2.13. The zero-order valence-corrected chi connectivity index (χ0v) is 15.9. The monoisotopic (exact) mass is 384 g/mol. The van der Waals surface area contributed by atoms with Crippen LogP contribution in [0.2, 0.25) is 0 Å². The molecule has 1 amide bonds. The van der Waals surface area contributed by atoms with E-state index in [1.54, 1.807) is 13.0 Å². The van der Waals surface area contributed by atoms with Crippen LogP contribution in [0.15, 0.2) is 23.1 Å². The maximum absolute atomic E-state index is 12.5. The Kier molecular flexibility index (Phi) is 6.25. The van der Waals surface area contributed by atoms with Gasteiger partial charge in [-0.15, -0.1) is 0 Å². The highest BCUT2D eigenvalue weighted by molar-refractivity contribution is 7.89. The molecular weight excluding hydrogens is 360 g/mol. The lowest BCUT2D eigenvalue weighted by atomic mass is 10.0. The first-order valence-corrected chi connectivity index (χ1v) is 9.83. The van der Waals surface area contributed by atoms with Crippen molar-refractivity contribution in [3.8, 4) is 5.75 Å². The lowest BCUT2D eigenvalue weighted by Gasteiger charge is -2.17. The van der Waals surface area contributed by atoms with Crippen LogP contribution in [0.3, 0.4) is 0 Å². The smallest absolute Gasteiger partial charge is 0.306 e. The Balaban J connectivity index is 2.23. The van der Waals surface area contributed by atoms with E-state index in [0.29, 0.717) is 31.6 Å². The number of ether oxygens (including phenoxy) is 1. The van der Waals surface area contributed by atoms with Crippen LogP contribution in [0.4, 0.5) is 5.69 Å². The molecule has 2 rings (SSSR count). The molecule has 144 valence electrons. The molecule has 9 heteroatoms. The summed E-state index contributed by atoms with van der Waals surface area (Å²) in [4.78, 5) is 23.4. The summed E-state index contributed by atoms with van der Waals surface area (Å²) in [6.07, 6.45) is 1.26. The summed E-state index contributed by atoms with van der Waals surface area (Å²) in [5.74, 6) is -1.87. The fourth-order valence-corrected chi connectivity index (χ4v) is 4.00. The SMILES string of the molecule is CCOc1ccc(NC(=O)[C@@H]2CC[C@H](C(=O)O)C2)cc1S(=O)(=O)N(C)C. The predicted octanol–water partition coefficient (Wildman–Crippen LogP) is 1.77. The van der Waals surface area contributed by atoms with E-state index >= 15 is 0 Å². The summed E-state index contributed by atoms with van der Waals surface area (Å²) in [5.41, 5.74) is 0.331. The molecule has 2 N–H and O–H groups in total. The summed E-state index contributed by atoms with van der Waals surface area (Å²) in [7, 11) is -0.913. The molecule has 1 aliphatic carbocycles. The van der Waals surface area contributed by atoms with Gasteiger partial charge in [0.05, 0.1) is 12.5 Å². The Bertz CT molecular complexity index is 790. The molecule has 8 nitrogen and oxygen atoms in total. The molecule has 0 saturated heterocycles. The van der Waals surface area contributed by atoms with Gasteiger partial charge in [0.15, 0.2) is 0 Å². The molecule has 1 saturated carbocycles. The van der Waals surface area contributed by atoms with Crippen molar-refractivity contribution in [1.29, 1.82) is 0 Å². The van der Waals surface area contributed by atoms with E-state index in [1.807, 2.05) is 0 Å². The van der Waals surface area contributed by atoms with Crippen LogP contribution >= 0.6 is 0 Å². The second kappa shape index (κ2) is 8.05. The van der Waals surface area contributed by atoms with Gasteiger partial charge in [-0.1, -0.05) is 0 Å². The number of aliphatic carboxylic acids is 1. The number of sulfonamides is 1. The molecule has 1 aliphatic rings. The standard InChI is InChI=1S/C17H24N2O6S/c1-4-25-14-8-7-13(10-15(14)26(23,24)19(2)3)18-16(20)11-5-6-12(9-11)17(21)22/h7-8,10-12H,4-6,9H2,1-3H3,(H,18,20)(H,21,22)/t11-,12+/m1/s1. The second-order valence-electron chi connectivity index (χ2n) is 6.42. The van der Waals surface area contributed by atoms with Crippen LogP contribution in [0.1, 0.15) is 26.2 Å². The normalized spacial score (nSPS) is 20.2. The number of carboxylic acids is 1. The predicted molar refractivity (Wildman–Crippen MR) is 95.6 cm³/mol. The van der Waals surface area contributed by atoms with Gasteiger partial charge in [-0.3, -0.25) is 9.59 Å². The Morgan fingerprint density at radius 3 is 2.46 bits per heavy atom. The molecule has 0 radical (unpaired) electrons. The lowest BCUT2D eigenvalue weighted by molar-refractivity contribution is -0.141. The lowest BCUT2D eigenvalue weighted by Crippen LogP contribution is -2.24. The maximum Gasteiger partial charge on any atom is 0.306 e. The highest BCUT2D eigenvalue weighted by Crippen LogP contribution is 2.33. The number of rotatable bonds is 7. The fraction of sp³-hybridized carbons (Fsp3) is 0.529. The van der Waals surface area contributed by atoms with Gasteiger partial charge in [-0.2, -0.15) is 0 Å². The van der Waals surface area contributed by atoms with Crippen LogP contribution < -0.4 is 10.1 Å². The summed E-state index contributed by atoms with van der Waals surface area (Å²) >= 11 is 0. The van der Waals surface area contributed by atoms with E-state index in [2.05, 4.69) is 5.32 Å². The molecule has 26 heavy (non-hydrogen) atoms. The maximum atomic E-state index is 12.5. The number of hydrogen-bond acceptors (Lipinski definition) is 5. The molecular formula is C17H24N2O6S. The van der Waals surface area contributed by atoms with Gasteiger partial charge in [-0.05, 0) is 44.4 Å². The van der Waals surface area contributed by atoms with Crippen molar-refractivity contribution in [2.75, 3.05) is 26.0 Å². The first-order valence-electron chi connectivity index (χ1n) is 8.39. The molecule has 0 heterocycles. The quantitative estimate of drug-likeness (QED) is 0.741. The summed E-state index contributed by atoms with van der Waals surface area (Å²) in [6.45, 7) is 2.06. The van der Waals surface area contributed by atoms with Crippen molar-refractivity contribution in [3.63, 3.8) is 0 Å². The average Bonchev–Trinajstić information content (AvgIpc) is 3.06. The van der Waals surface area contributed by atoms with Crippen molar-refractivity contribution in [3.05, 3.63) is 18.2 Å². The average molecular weight is 384 g/mol. The molecule has 2 atom stereocenters. The number of nitrogens with zero attached hydrogens (tertiary/aromatic N) is 1. The highest BCUT2D eigenvalue weighted by atomic mass is 32.2. The van der Waals surface area contributed by atoms with Crippen LogP contribution in [0, 0.1) is 11.8 Å². The zero-order valence-electron chi connectivity index (χ0n) is 15.1. The molecule has 0 spiro atoms. The minimum absolute atomic E-state index is 0.0306. The number of carbonyl (C=O) groups excluding carboxylic acids is 1. The highest BCUT2D eigenvalue weighted by Gasteiger charge is 2.34. The van der Waals surface area contributed by atoms with Crippen molar-refractivity contribution in [2.45, 2.75) is 31.1 Å². The molecule has 0 aliphatic heterocycles. The number of anilines is 1. The number of amides is 1. The van der Waals surface area contributed by atoms with Gasteiger partial charge in [0.2, 0.25) is 15.9 Å². The van der Waals surface area contributed by atoms with Crippen molar-refractivity contribution in [1.82, 2.24) is 4.31 Å². The number of hydrogen-bond donors (Lipinski definition) is 2. The zero-order chi connectivity index (χ0) is 19.5. The van der Waals surface area contributed by atoms with E-state index in [1.165, 1.54) is 26.2 Å². The minimum Gasteiger partial charge on any atom is -0.492 e. The van der Waals surface area contributed by atoms with Crippen LogP contribution in [0.25, 0.3) is 0 Å². The largest absolute Gasteiger partial charge is 0.492 e. The molecule has 1 fully saturated rings. The third-order valence-electron chi connectivity index (χ3n) is 4.42. The third kappa shape index (κ3) is 4.34. The second-order valence-corrected chi connectivity index (χ2v) is 8.54. The van der Waals surface area contributed by atoms with Gasteiger partial charge >= 0.3 is 5.97 Å². The van der Waals surface area contributed by atoms with E-state index in [0.717, 1.165) is 4.31 Å². The summed E-state index contributed by atoms with van der Waals surface area (Å²) < 4.78 is 31.5. The van der Waals surface area contributed by atoms with E-state index in [9.17, 15) is 18.0 Å². The van der Waals surface area contributed by atoms with Gasteiger partial charge < -0.3 is 15.2 Å². The minimum atomic E-state index is -3.75. The van der Waals surface area contributed by atoms with E-state index in [4.69, 9.17) is 9.84 Å². The summed E-state index contributed by atoms with van der Waals surface area (Å²) in [6, 6.07) is 4.44. The Morgan fingerprint density at radius 1 is 1.27 bits per heavy atom. The number of carboxylic acid groups (broad SMARTS) is 1. The van der Waals surface area contributed by atoms with Gasteiger partial charge in [0.25, 0.3) is 0 Å². The van der Waals surface area contributed by atoms with Gasteiger partial charge in [0.1, 0.15) is 10.6 Å². The molecule has 1 aromatic rings. The first kappa shape index (κ1) is 20.2. The fourth-order valence-electron chi connectivity index (χ4n) is 2.95. The van der Waals surface area contributed by atoms with Gasteiger partial charge in [-0.25, -0.2) is 12.7 Å². The van der Waals surface area contributed by atoms with Crippen molar-refractivity contribution >= 4 is 27.6 Å². The van der Waals surface area contributed by atoms with E-state index < -0.39 is 27.8 Å². The first-order chi connectivity index (χ1) is 12.2. The number of nitrogens with one attached hydrogen (secondary N) is 1. The van der Waals surface area contributed by atoms with Crippen molar-refractivity contribution in [2.24, 2.45) is 11.8 Å². The molecule has 0 aromatic heterocycles. The summed E-state index contributed by atoms with van der Waals surface area (Å²) in [5, 5.41) is 11.7. The van der Waals surface area contributed by atoms with E-state index in [-0.39, 0.29) is 16.6 Å². The Morgan fingerprint density at radius 2 is 1.92 bits per heavy atom. The van der Waals surface area contributed by atoms with Crippen LogP contribution in [-0.4, -0.2) is 50.4 Å². The number of carbonyl (C=O) groups is 2. The van der Waals surface area contributed by atoms with Crippen molar-refractivity contribution < 1.29 is 27.9 Å². The van der Waals surface area contributed by atoms with Crippen LogP contribution in [0.5, 0.6) is 5.75 Å². The van der Waals surface area contributed by atoms with Crippen LogP contribution in [-0.2, 0) is 19.6 Å². The molecule has 0 bridgehead atoms. The Labute approximate surface area is 153 Å². The van der Waals surface area contributed by atoms with Gasteiger partial charge in [0, 0.05) is 25.7 Å². The topological polar surface area (TPSA) is 113 Å². The third-order valence-corrected chi connectivity index (χ3v) is 6.26. The molecule has 0 unspecified atom stereocenters. The molecule has 1 aromatic carbocycles. The number of benzene rings is 1.